The quantitative estimate of drug-likeness (QED) is 0.232. The molecule has 142 valence electrons. The molecule has 0 aliphatic heterocycles. The molecule has 0 atom stereocenters. The molecule has 0 aliphatic carbocycles. The third kappa shape index (κ3) is 3.75. The fourth-order valence-electron chi connectivity index (χ4n) is 3.03. The van der Waals surface area contributed by atoms with E-state index in [1.165, 1.54) is 11.3 Å². The number of hydrogen-bond acceptors (Lipinski definition) is 5. The molecule has 4 aromatic rings. The van der Waals surface area contributed by atoms with Crippen LogP contribution in [0.5, 0.6) is 0 Å². The number of benzene rings is 2. The fraction of sp³-hybridized carbons (Fsp3) is 0.182. The Hall–Kier alpha value is -2.80. The molecule has 0 N–H and O–H groups in total. The van der Waals surface area contributed by atoms with Gasteiger partial charge in [0.25, 0.3) is 0 Å². The number of aromatic nitrogens is 3. The zero-order valence-electron chi connectivity index (χ0n) is 15.8. The lowest BCUT2D eigenvalue weighted by atomic mass is 10.1. The molecule has 2 aromatic heterocycles. The molecule has 6 heteroatoms. The number of nitrogens with zero attached hydrogens (tertiary/aromatic N) is 3. The molecule has 0 amide bonds. The van der Waals surface area contributed by atoms with Gasteiger partial charge in [-0.3, -0.25) is 0 Å². The van der Waals surface area contributed by atoms with Crippen LogP contribution in [0.1, 0.15) is 25.1 Å². The Bertz CT molecular complexity index is 1100. The van der Waals surface area contributed by atoms with E-state index in [0.717, 1.165) is 38.5 Å². The molecule has 0 saturated carbocycles. The van der Waals surface area contributed by atoms with Gasteiger partial charge in [0.2, 0.25) is 5.13 Å². The number of fused-ring (bicyclic) bond motifs is 1. The molecule has 2 aromatic carbocycles. The Kier molecular flexibility index (Phi) is 5.62. The van der Waals surface area contributed by atoms with E-state index in [1.807, 2.05) is 48.2 Å². The molecule has 0 spiro atoms. The highest BCUT2D eigenvalue weighted by molar-refractivity contribution is 7.12. The van der Waals surface area contributed by atoms with Gasteiger partial charge in [0, 0.05) is 16.3 Å². The summed E-state index contributed by atoms with van der Waals surface area (Å²) in [5, 5.41) is 8.79. The van der Waals surface area contributed by atoms with Gasteiger partial charge >= 0.3 is 0 Å². The average molecular weight is 391 g/mol. The summed E-state index contributed by atoms with van der Waals surface area (Å²) in [6.45, 7) is 4.73. The topological polar surface area (TPSA) is 49.2 Å². The molecular weight excluding hydrogens is 370 g/mol. The smallest absolute Gasteiger partial charge is 0.211 e. The lowest BCUT2D eigenvalue weighted by Gasteiger charge is -2.00. The van der Waals surface area contributed by atoms with Gasteiger partial charge < -0.3 is 0 Å². The van der Waals surface area contributed by atoms with Gasteiger partial charge in [-0.25, -0.2) is 19.4 Å². The van der Waals surface area contributed by atoms with Gasteiger partial charge in [0.15, 0.2) is 0 Å². The van der Waals surface area contributed by atoms with Gasteiger partial charge in [-0.1, -0.05) is 48.6 Å². The van der Waals surface area contributed by atoms with Crippen molar-refractivity contribution in [2.24, 2.45) is 0 Å². The highest BCUT2D eigenvalue weighted by Crippen LogP contribution is 2.31. The van der Waals surface area contributed by atoms with Crippen molar-refractivity contribution in [1.82, 2.24) is 14.8 Å². The maximum Gasteiger partial charge on any atom is 0.211 e. The molecule has 0 unspecified atom stereocenters. The van der Waals surface area contributed by atoms with E-state index in [2.05, 4.69) is 41.4 Å². The van der Waals surface area contributed by atoms with Crippen LogP contribution in [0, 0.1) is 0 Å². The molecule has 0 saturated heterocycles. The van der Waals surface area contributed by atoms with Gasteiger partial charge in [-0.15, -0.1) is 11.3 Å². The van der Waals surface area contributed by atoms with Crippen LogP contribution >= 0.6 is 11.3 Å². The summed E-state index contributed by atoms with van der Waals surface area (Å²) in [6, 6.07) is 16.6. The third-order valence-corrected chi connectivity index (χ3v) is 5.11. The Balaban J connectivity index is 1.81. The minimum absolute atomic E-state index is 0.318. The van der Waals surface area contributed by atoms with Gasteiger partial charge in [-0.05, 0) is 31.5 Å². The van der Waals surface area contributed by atoms with Crippen molar-refractivity contribution in [1.29, 1.82) is 0 Å². The third-order valence-electron chi connectivity index (χ3n) is 4.24. The van der Waals surface area contributed by atoms with E-state index < -0.39 is 0 Å². The lowest BCUT2D eigenvalue weighted by molar-refractivity contribution is -0.301. The number of thiazole rings is 1. The molecule has 2 heterocycles. The van der Waals surface area contributed by atoms with Crippen molar-refractivity contribution in [2.75, 3.05) is 6.61 Å². The minimum Gasteiger partial charge on any atom is -0.237 e. The predicted molar refractivity (Wildman–Crippen MR) is 113 cm³/mol. The van der Waals surface area contributed by atoms with E-state index in [1.54, 1.807) is 0 Å². The van der Waals surface area contributed by atoms with Crippen LogP contribution in [0.25, 0.3) is 33.4 Å². The van der Waals surface area contributed by atoms with Crippen LogP contribution in [0.3, 0.4) is 0 Å². The zero-order chi connectivity index (χ0) is 19.3. The maximum atomic E-state index is 5.14. The highest BCUT2D eigenvalue weighted by atomic mass is 32.1. The summed E-state index contributed by atoms with van der Waals surface area (Å²) in [6.07, 6.45) is 4.12. The molecule has 28 heavy (non-hydrogen) atoms. The van der Waals surface area contributed by atoms with Crippen molar-refractivity contribution in [2.45, 2.75) is 20.5 Å². The Morgan fingerprint density at radius 2 is 1.96 bits per heavy atom. The Morgan fingerprint density at radius 1 is 1.11 bits per heavy atom. The largest absolute Gasteiger partial charge is 0.237 e. The number of allylic oxidation sites excluding steroid dienone is 1. The minimum atomic E-state index is 0.318. The standard InChI is InChI=1S/C22H21N3O2S/c1-3-8-16-11-12-19-20(13-16)25(24-21(19)17-9-6-5-7-10-17)22-23-18(15-28-22)14-27-26-4-2/h3,5-13,15H,4,14H2,1-2H3/b8-3+. The van der Waals surface area contributed by atoms with E-state index in [-0.39, 0.29) is 0 Å². The highest BCUT2D eigenvalue weighted by Gasteiger charge is 2.16. The molecule has 0 radical (unpaired) electrons. The van der Waals surface area contributed by atoms with Crippen LogP contribution in [0.2, 0.25) is 0 Å². The van der Waals surface area contributed by atoms with Crippen molar-refractivity contribution >= 4 is 28.3 Å². The first-order valence-electron chi connectivity index (χ1n) is 9.20. The van der Waals surface area contributed by atoms with Crippen molar-refractivity contribution in [3.8, 4) is 16.4 Å². The predicted octanol–water partition coefficient (Wildman–Crippen LogP) is 5.65. The average Bonchev–Trinajstić information content (AvgIpc) is 3.33. The number of hydrogen-bond donors (Lipinski definition) is 0. The van der Waals surface area contributed by atoms with E-state index >= 15 is 0 Å². The van der Waals surface area contributed by atoms with Gasteiger partial charge in [-0.2, -0.15) is 5.10 Å². The summed E-state index contributed by atoms with van der Waals surface area (Å²) >= 11 is 1.54. The summed E-state index contributed by atoms with van der Waals surface area (Å²) in [7, 11) is 0. The second kappa shape index (κ2) is 8.48. The normalized spacial score (nSPS) is 11.6. The Labute approximate surface area is 167 Å². The Morgan fingerprint density at radius 3 is 2.75 bits per heavy atom. The van der Waals surface area contributed by atoms with Crippen LogP contribution in [0.15, 0.2) is 60.0 Å². The number of rotatable bonds is 7. The summed E-state index contributed by atoms with van der Waals surface area (Å²) in [5.41, 5.74) is 5.02. The fourth-order valence-corrected chi connectivity index (χ4v) is 3.80. The molecule has 4 rings (SSSR count). The van der Waals surface area contributed by atoms with Crippen LogP contribution < -0.4 is 0 Å². The molecular formula is C22H21N3O2S. The lowest BCUT2D eigenvalue weighted by Crippen LogP contribution is -1.98. The van der Waals surface area contributed by atoms with E-state index in [9.17, 15) is 0 Å². The second-order valence-corrected chi connectivity index (χ2v) is 7.03. The van der Waals surface area contributed by atoms with Crippen LogP contribution in [0.4, 0.5) is 0 Å². The summed E-state index contributed by atoms with van der Waals surface area (Å²) in [4.78, 5) is 14.8. The first kappa shape index (κ1) is 18.6. The molecule has 0 aliphatic rings. The second-order valence-electron chi connectivity index (χ2n) is 6.19. The maximum absolute atomic E-state index is 5.14. The van der Waals surface area contributed by atoms with Crippen molar-refractivity contribution in [3.05, 3.63) is 71.2 Å². The van der Waals surface area contributed by atoms with E-state index in [0.29, 0.717) is 13.2 Å². The molecule has 5 nitrogen and oxygen atoms in total. The van der Waals surface area contributed by atoms with Crippen molar-refractivity contribution in [3.63, 3.8) is 0 Å². The van der Waals surface area contributed by atoms with Gasteiger partial charge in [0.1, 0.15) is 12.3 Å². The molecule has 0 bridgehead atoms. The first-order valence-corrected chi connectivity index (χ1v) is 10.1. The zero-order valence-corrected chi connectivity index (χ0v) is 16.6. The summed E-state index contributed by atoms with van der Waals surface area (Å²) < 4.78 is 1.92. The summed E-state index contributed by atoms with van der Waals surface area (Å²) in [5.74, 6) is 0. The van der Waals surface area contributed by atoms with Gasteiger partial charge in [0.05, 0.1) is 17.8 Å². The van der Waals surface area contributed by atoms with E-state index in [4.69, 9.17) is 14.9 Å². The van der Waals surface area contributed by atoms with Crippen molar-refractivity contribution < 1.29 is 9.78 Å². The van der Waals surface area contributed by atoms with Crippen LogP contribution in [-0.2, 0) is 16.4 Å². The first-order chi connectivity index (χ1) is 13.8. The van der Waals surface area contributed by atoms with Crippen LogP contribution in [-0.4, -0.2) is 21.4 Å². The SMILES string of the molecule is C/C=C/c1ccc2c(-c3ccccc3)nn(-c3nc(COOCC)cs3)c2c1. The monoisotopic (exact) mass is 391 g/mol. The molecule has 0 fully saturated rings.